The van der Waals surface area contributed by atoms with Crippen LogP contribution in [0.4, 0.5) is 0 Å². The summed E-state index contributed by atoms with van der Waals surface area (Å²) in [4.78, 5) is 18.1. The number of halogens is 2. The minimum absolute atomic E-state index is 0. The van der Waals surface area contributed by atoms with Crippen molar-refractivity contribution in [2.75, 3.05) is 39.4 Å². The fourth-order valence-electron chi connectivity index (χ4n) is 2.94. The lowest BCUT2D eigenvalue weighted by molar-refractivity contribution is 0.0263. The molecule has 1 saturated heterocycles. The Morgan fingerprint density at radius 1 is 1.33 bits per heavy atom. The second kappa shape index (κ2) is 6.66. The lowest BCUT2D eigenvalue weighted by Gasteiger charge is -2.35. The van der Waals surface area contributed by atoms with Crippen LogP contribution in [0.1, 0.15) is 29.1 Å². The Morgan fingerprint density at radius 3 is 2.62 bits per heavy atom. The third-order valence-corrected chi connectivity index (χ3v) is 6.10. The third-order valence-electron chi connectivity index (χ3n) is 4.15. The van der Waals surface area contributed by atoms with Gasteiger partial charge in [-0.15, -0.1) is 28.3 Å². The highest BCUT2D eigenvalue weighted by molar-refractivity contribution is 9.11. The van der Waals surface area contributed by atoms with Crippen molar-refractivity contribution in [2.45, 2.75) is 19.4 Å². The van der Waals surface area contributed by atoms with Crippen molar-refractivity contribution < 1.29 is 9.53 Å². The lowest BCUT2D eigenvalue weighted by Crippen LogP contribution is -2.46. The number of thiophene rings is 1. The third kappa shape index (κ3) is 3.22. The molecule has 1 aromatic rings. The number of ether oxygens (including phenoxy) is 1. The number of carbonyl (C=O) groups excluding carboxylic acids is 1. The molecule has 2 aliphatic heterocycles. The van der Waals surface area contributed by atoms with Gasteiger partial charge in [0.1, 0.15) is 0 Å². The lowest BCUT2D eigenvalue weighted by atomic mass is 10.0. The van der Waals surface area contributed by atoms with Crippen LogP contribution in [0, 0.1) is 0 Å². The maximum Gasteiger partial charge on any atom is 0.255 e. The predicted octanol–water partition coefficient (Wildman–Crippen LogP) is 3.11. The van der Waals surface area contributed by atoms with E-state index in [1.54, 1.807) is 11.3 Å². The van der Waals surface area contributed by atoms with Gasteiger partial charge in [-0.3, -0.25) is 9.69 Å². The molecule has 1 fully saturated rings. The van der Waals surface area contributed by atoms with Crippen molar-refractivity contribution in [1.29, 1.82) is 0 Å². The van der Waals surface area contributed by atoms with Gasteiger partial charge in [-0.2, -0.15) is 0 Å². The van der Waals surface area contributed by atoms with Gasteiger partial charge in [-0.1, -0.05) is 0 Å². The van der Waals surface area contributed by atoms with Gasteiger partial charge in [-0.05, 0) is 35.8 Å². The summed E-state index contributed by atoms with van der Waals surface area (Å²) in [5.41, 5.74) is 0.670. The Labute approximate surface area is 148 Å². The Balaban J connectivity index is 0.00000161. The molecule has 4 nitrogen and oxygen atoms in total. The second-order valence-corrected chi connectivity index (χ2v) is 8.19. The van der Waals surface area contributed by atoms with Crippen molar-refractivity contribution in [2.24, 2.45) is 0 Å². The summed E-state index contributed by atoms with van der Waals surface area (Å²) >= 11 is 5.16. The van der Waals surface area contributed by atoms with Crippen LogP contribution in [0.25, 0.3) is 0 Å². The Kier molecular flexibility index (Phi) is 5.52. The zero-order chi connectivity index (χ0) is 14.3. The average molecular weight is 440 g/mol. The highest BCUT2D eigenvalue weighted by Gasteiger charge is 2.44. The van der Waals surface area contributed by atoms with E-state index in [2.05, 4.69) is 34.7 Å². The molecule has 0 saturated carbocycles. The molecule has 118 valence electrons. The van der Waals surface area contributed by atoms with Crippen molar-refractivity contribution in [3.8, 4) is 0 Å². The van der Waals surface area contributed by atoms with Crippen LogP contribution < -0.4 is 0 Å². The van der Waals surface area contributed by atoms with Crippen LogP contribution in [0.2, 0.25) is 0 Å². The van der Waals surface area contributed by atoms with Crippen LogP contribution in [-0.4, -0.2) is 55.1 Å². The maximum absolute atomic E-state index is 12.6. The minimum atomic E-state index is -0.199. The van der Waals surface area contributed by atoms with Crippen LogP contribution in [0.15, 0.2) is 9.85 Å². The van der Waals surface area contributed by atoms with E-state index in [9.17, 15) is 4.79 Å². The molecule has 7 heteroatoms. The van der Waals surface area contributed by atoms with Gasteiger partial charge in [0.25, 0.3) is 5.91 Å². The van der Waals surface area contributed by atoms with E-state index in [1.165, 1.54) is 4.88 Å². The first-order valence-corrected chi connectivity index (χ1v) is 8.53. The Morgan fingerprint density at radius 2 is 2.00 bits per heavy atom. The van der Waals surface area contributed by atoms with E-state index in [0.717, 1.165) is 48.7 Å². The molecule has 0 radical (unpaired) electrons. The van der Waals surface area contributed by atoms with Gasteiger partial charge in [-0.25, -0.2) is 0 Å². The summed E-state index contributed by atoms with van der Waals surface area (Å²) in [5, 5.41) is 0. The minimum Gasteiger partial charge on any atom is -0.379 e. The number of hydrogen-bond acceptors (Lipinski definition) is 4. The molecule has 0 bridgehead atoms. The molecule has 0 unspecified atom stereocenters. The quantitative estimate of drug-likeness (QED) is 0.725. The smallest absolute Gasteiger partial charge is 0.255 e. The average Bonchev–Trinajstić information content (AvgIpc) is 2.88. The van der Waals surface area contributed by atoms with Crippen molar-refractivity contribution in [1.82, 2.24) is 9.80 Å². The SMILES string of the molecule is Br.CC1(C)c2sc(Br)cc2C(=O)N1CCN1CCOCC1. The predicted molar refractivity (Wildman–Crippen MR) is 93.7 cm³/mol. The van der Waals surface area contributed by atoms with E-state index in [4.69, 9.17) is 4.74 Å². The maximum atomic E-state index is 12.6. The number of nitrogens with zero attached hydrogens (tertiary/aromatic N) is 2. The number of amides is 1. The van der Waals surface area contributed by atoms with E-state index < -0.39 is 0 Å². The standard InChI is InChI=1S/C14H19BrN2O2S.BrH/c1-14(2)12-10(9-11(15)20-12)13(18)17(14)4-3-16-5-7-19-8-6-16;/h9H,3-8H2,1-2H3;1H. The largest absolute Gasteiger partial charge is 0.379 e. The molecule has 0 atom stereocenters. The van der Waals surface area contributed by atoms with Gasteiger partial charge < -0.3 is 9.64 Å². The van der Waals surface area contributed by atoms with Gasteiger partial charge >= 0.3 is 0 Å². The summed E-state index contributed by atoms with van der Waals surface area (Å²) in [6, 6.07) is 1.96. The van der Waals surface area contributed by atoms with Crippen molar-refractivity contribution in [3.05, 3.63) is 20.3 Å². The van der Waals surface area contributed by atoms with E-state index >= 15 is 0 Å². The van der Waals surface area contributed by atoms with Crippen LogP contribution in [-0.2, 0) is 10.3 Å². The number of carbonyl (C=O) groups is 1. The molecule has 2 aliphatic rings. The molecule has 0 aliphatic carbocycles. The summed E-state index contributed by atoms with van der Waals surface area (Å²) < 4.78 is 6.40. The summed E-state index contributed by atoms with van der Waals surface area (Å²) in [5.74, 6) is 0.167. The first-order chi connectivity index (χ1) is 9.50. The molecule has 3 rings (SSSR count). The van der Waals surface area contributed by atoms with E-state index in [0.29, 0.717) is 0 Å². The molecule has 1 aromatic heterocycles. The van der Waals surface area contributed by atoms with Crippen molar-refractivity contribution >= 4 is 50.2 Å². The first-order valence-electron chi connectivity index (χ1n) is 6.92. The molecular weight excluding hydrogens is 420 g/mol. The molecular formula is C14H20Br2N2O2S. The highest BCUT2D eigenvalue weighted by atomic mass is 79.9. The fraction of sp³-hybridized carbons (Fsp3) is 0.643. The van der Waals surface area contributed by atoms with Crippen LogP contribution >= 0.6 is 44.2 Å². The number of rotatable bonds is 3. The van der Waals surface area contributed by atoms with Crippen molar-refractivity contribution in [3.63, 3.8) is 0 Å². The summed E-state index contributed by atoms with van der Waals surface area (Å²) in [7, 11) is 0. The second-order valence-electron chi connectivity index (χ2n) is 5.76. The van der Waals surface area contributed by atoms with Crippen LogP contribution in [0.5, 0.6) is 0 Å². The Hall–Kier alpha value is 0.0500. The molecule has 1 amide bonds. The monoisotopic (exact) mass is 438 g/mol. The topological polar surface area (TPSA) is 32.8 Å². The van der Waals surface area contributed by atoms with Gasteiger partial charge in [0, 0.05) is 31.1 Å². The Bertz CT molecular complexity index is 527. The molecule has 0 N–H and O–H groups in total. The molecule has 0 aromatic carbocycles. The zero-order valence-electron chi connectivity index (χ0n) is 12.2. The summed E-state index contributed by atoms with van der Waals surface area (Å²) in [6.07, 6.45) is 0. The summed E-state index contributed by atoms with van der Waals surface area (Å²) in [6.45, 7) is 9.53. The normalized spacial score (nSPS) is 21.3. The van der Waals surface area contributed by atoms with Gasteiger partial charge in [0.05, 0.1) is 28.1 Å². The van der Waals surface area contributed by atoms with Gasteiger partial charge in [0.15, 0.2) is 0 Å². The molecule has 3 heterocycles. The highest BCUT2D eigenvalue weighted by Crippen LogP contribution is 2.44. The molecule has 0 spiro atoms. The number of morpholine rings is 1. The number of hydrogen-bond donors (Lipinski definition) is 0. The van der Waals surface area contributed by atoms with Gasteiger partial charge in [0.2, 0.25) is 0 Å². The van der Waals surface area contributed by atoms with Crippen LogP contribution in [0.3, 0.4) is 0 Å². The van der Waals surface area contributed by atoms with E-state index in [1.807, 2.05) is 11.0 Å². The molecule has 21 heavy (non-hydrogen) atoms. The van der Waals surface area contributed by atoms with E-state index in [-0.39, 0.29) is 28.4 Å². The zero-order valence-corrected chi connectivity index (χ0v) is 16.3. The fourth-order valence-corrected chi connectivity index (χ4v) is 4.65. The number of fused-ring (bicyclic) bond motifs is 1. The first kappa shape index (κ1) is 17.4.